The van der Waals surface area contributed by atoms with Gasteiger partial charge in [-0.15, -0.1) is 0 Å². The SMILES string of the molecule is COc1cccc(OCc2ccc(Cl)cc2C(=O)O)c1. The molecule has 0 aliphatic heterocycles. The normalized spacial score (nSPS) is 10.1. The first-order valence-corrected chi connectivity index (χ1v) is 6.26. The molecule has 0 spiro atoms. The summed E-state index contributed by atoms with van der Waals surface area (Å²) in [4.78, 5) is 11.2. The molecule has 0 unspecified atom stereocenters. The molecule has 0 aromatic heterocycles. The van der Waals surface area contributed by atoms with Gasteiger partial charge in [-0.3, -0.25) is 0 Å². The van der Waals surface area contributed by atoms with Gasteiger partial charge in [-0.05, 0) is 24.3 Å². The lowest BCUT2D eigenvalue weighted by molar-refractivity contribution is 0.0694. The number of rotatable bonds is 5. The van der Waals surface area contributed by atoms with Gasteiger partial charge in [0.25, 0.3) is 0 Å². The van der Waals surface area contributed by atoms with E-state index >= 15 is 0 Å². The van der Waals surface area contributed by atoms with E-state index in [9.17, 15) is 4.79 Å². The third-order valence-corrected chi connectivity index (χ3v) is 2.97. The maximum Gasteiger partial charge on any atom is 0.336 e. The van der Waals surface area contributed by atoms with Gasteiger partial charge in [-0.2, -0.15) is 0 Å². The van der Waals surface area contributed by atoms with Gasteiger partial charge < -0.3 is 14.6 Å². The molecule has 0 aliphatic rings. The molecule has 0 amide bonds. The highest BCUT2D eigenvalue weighted by atomic mass is 35.5. The third kappa shape index (κ3) is 3.42. The number of carboxylic acids is 1. The van der Waals surface area contributed by atoms with Crippen LogP contribution in [0.15, 0.2) is 42.5 Å². The van der Waals surface area contributed by atoms with E-state index in [2.05, 4.69) is 0 Å². The molecule has 2 rings (SSSR count). The highest BCUT2D eigenvalue weighted by Crippen LogP contribution is 2.22. The zero-order valence-electron chi connectivity index (χ0n) is 10.8. The Balaban J connectivity index is 2.16. The van der Waals surface area contributed by atoms with Crippen molar-refractivity contribution in [1.82, 2.24) is 0 Å². The van der Waals surface area contributed by atoms with Crippen molar-refractivity contribution in [2.75, 3.05) is 7.11 Å². The molecular weight excluding hydrogens is 280 g/mol. The minimum atomic E-state index is -1.03. The van der Waals surface area contributed by atoms with Crippen LogP contribution in [0.3, 0.4) is 0 Å². The van der Waals surface area contributed by atoms with Crippen LogP contribution in [0.4, 0.5) is 0 Å². The number of methoxy groups -OCH3 is 1. The third-order valence-electron chi connectivity index (χ3n) is 2.74. The van der Waals surface area contributed by atoms with Crippen molar-refractivity contribution in [2.45, 2.75) is 6.61 Å². The van der Waals surface area contributed by atoms with Gasteiger partial charge in [-0.25, -0.2) is 4.79 Å². The minimum Gasteiger partial charge on any atom is -0.497 e. The molecule has 0 atom stereocenters. The summed E-state index contributed by atoms with van der Waals surface area (Å²) in [7, 11) is 1.57. The van der Waals surface area contributed by atoms with Crippen LogP contribution in [0.5, 0.6) is 11.5 Å². The van der Waals surface area contributed by atoms with Crippen molar-refractivity contribution in [3.8, 4) is 11.5 Å². The number of aromatic carboxylic acids is 1. The van der Waals surface area contributed by atoms with Crippen LogP contribution in [-0.2, 0) is 6.61 Å². The van der Waals surface area contributed by atoms with Gasteiger partial charge in [0.2, 0.25) is 0 Å². The van der Waals surface area contributed by atoms with Crippen LogP contribution in [0, 0.1) is 0 Å². The lowest BCUT2D eigenvalue weighted by Gasteiger charge is -2.10. The number of carbonyl (C=O) groups is 1. The fourth-order valence-corrected chi connectivity index (χ4v) is 1.90. The molecular formula is C15H13ClO4. The summed E-state index contributed by atoms with van der Waals surface area (Å²) in [6.07, 6.45) is 0. The van der Waals surface area contributed by atoms with Gasteiger partial charge in [0.15, 0.2) is 0 Å². The molecule has 1 N–H and O–H groups in total. The Morgan fingerprint density at radius 1 is 1.20 bits per heavy atom. The first-order valence-electron chi connectivity index (χ1n) is 5.88. The van der Waals surface area contributed by atoms with Gasteiger partial charge in [0.05, 0.1) is 12.7 Å². The van der Waals surface area contributed by atoms with E-state index in [0.717, 1.165) is 0 Å². The average molecular weight is 293 g/mol. The maximum absolute atomic E-state index is 11.2. The van der Waals surface area contributed by atoms with Crippen molar-refractivity contribution in [1.29, 1.82) is 0 Å². The summed E-state index contributed by atoms with van der Waals surface area (Å²) in [6.45, 7) is 0.145. The number of halogens is 1. The lowest BCUT2D eigenvalue weighted by atomic mass is 10.1. The summed E-state index contributed by atoms with van der Waals surface area (Å²) in [6, 6.07) is 11.8. The predicted octanol–water partition coefficient (Wildman–Crippen LogP) is 3.63. The van der Waals surface area contributed by atoms with E-state index in [1.165, 1.54) is 6.07 Å². The van der Waals surface area contributed by atoms with Crippen molar-refractivity contribution in [3.05, 3.63) is 58.6 Å². The molecule has 0 radical (unpaired) electrons. The molecule has 0 heterocycles. The number of hydrogen-bond acceptors (Lipinski definition) is 3. The second kappa shape index (κ2) is 6.30. The standard InChI is InChI=1S/C15H13ClO4/c1-19-12-3-2-4-13(8-12)20-9-10-5-6-11(16)7-14(10)15(17)18/h2-8H,9H2,1H3,(H,17,18). The first kappa shape index (κ1) is 14.2. The van der Waals surface area contributed by atoms with E-state index in [1.807, 2.05) is 0 Å². The van der Waals surface area contributed by atoms with Crippen molar-refractivity contribution < 1.29 is 19.4 Å². The molecule has 2 aromatic rings. The molecule has 0 bridgehead atoms. The fourth-order valence-electron chi connectivity index (χ4n) is 1.73. The minimum absolute atomic E-state index is 0.139. The maximum atomic E-state index is 11.2. The van der Waals surface area contributed by atoms with Gasteiger partial charge in [0.1, 0.15) is 18.1 Å². The highest BCUT2D eigenvalue weighted by Gasteiger charge is 2.11. The Kier molecular flexibility index (Phi) is 4.48. The second-order valence-electron chi connectivity index (χ2n) is 4.07. The summed E-state index contributed by atoms with van der Waals surface area (Å²) < 4.78 is 10.7. The Morgan fingerprint density at radius 3 is 2.65 bits per heavy atom. The van der Waals surface area contributed by atoms with Crippen LogP contribution < -0.4 is 9.47 Å². The quantitative estimate of drug-likeness (QED) is 0.914. The molecule has 4 nitrogen and oxygen atoms in total. The lowest BCUT2D eigenvalue weighted by Crippen LogP contribution is -2.05. The molecule has 0 saturated carbocycles. The number of hydrogen-bond donors (Lipinski definition) is 1. The summed E-state index contributed by atoms with van der Waals surface area (Å²) >= 11 is 5.80. The van der Waals surface area contributed by atoms with Crippen molar-refractivity contribution in [3.63, 3.8) is 0 Å². The van der Waals surface area contributed by atoms with Crippen LogP contribution in [-0.4, -0.2) is 18.2 Å². The molecule has 0 fully saturated rings. The zero-order chi connectivity index (χ0) is 14.5. The Hall–Kier alpha value is -2.20. The summed E-state index contributed by atoms with van der Waals surface area (Å²) in [5.41, 5.74) is 0.699. The molecule has 20 heavy (non-hydrogen) atoms. The van der Waals surface area contributed by atoms with Gasteiger partial charge in [0, 0.05) is 16.7 Å². The number of ether oxygens (including phenoxy) is 2. The Morgan fingerprint density at radius 2 is 1.95 bits per heavy atom. The molecule has 5 heteroatoms. The largest absolute Gasteiger partial charge is 0.497 e. The smallest absolute Gasteiger partial charge is 0.336 e. The zero-order valence-corrected chi connectivity index (χ0v) is 11.6. The second-order valence-corrected chi connectivity index (χ2v) is 4.51. The Labute approximate surface area is 121 Å². The first-order chi connectivity index (χ1) is 9.60. The molecule has 104 valence electrons. The van der Waals surface area contributed by atoms with Crippen LogP contribution in [0.1, 0.15) is 15.9 Å². The summed E-state index contributed by atoms with van der Waals surface area (Å²) in [5.74, 6) is 0.254. The number of benzene rings is 2. The Bertz CT molecular complexity index is 625. The monoisotopic (exact) mass is 292 g/mol. The van der Waals surface area contributed by atoms with E-state index in [1.54, 1.807) is 43.5 Å². The fraction of sp³-hybridized carbons (Fsp3) is 0.133. The van der Waals surface area contributed by atoms with Crippen molar-refractivity contribution >= 4 is 17.6 Å². The van der Waals surface area contributed by atoms with Gasteiger partial charge in [-0.1, -0.05) is 23.7 Å². The van der Waals surface area contributed by atoms with E-state index in [4.69, 9.17) is 26.2 Å². The predicted molar refractivity (Wildman–Crippen MR) is 75.7 cm³/mol. The van der Waals surface area contributed by atoms with Crippen LogP contribution in [0.25, 0.3) is 0 Å². The number of carboxylic acid groups (broad SMARTS) is 1. The van der Waals surface area contributed by atoms with E-state index in [0.29, 0.717) is 22.1 Å². The average Bonchev–Trinajstić information content (AvgIpc) is 2.46. The van der Waals surface area contributed by atoms with Crippen LogP contribution >= 0.6 is 11.6 Å². The molecule has 0 saturated heterocycles. The molecule has 0 aliphatic carbocycles. The van der Waals surface area contributed by atoms with Crippen molar-refractivity contribution in [2.24, 2.45) is 0 Å². The highest BCUT2D eigenvalue weighted by molar-refractivity contribution is 6.30. The molecule has 2 aromatic carbocycles. The topological polar surface area (TPSA) is 55.8 Å². The van der Waals surface area contributed by atoms with E-state index < -0.39 is 5.97 Å². The van der Waals surface area contributed by atoms with Crippen LogP contribution in [0.2, 0.25) is 5.02 Å². The summed E-state index contributed by atoms with van der Waals surface area (Å²) in [5, 5.41) is 9.52. The van der Waals surface area contributed by atoms with E-state index in [-0.39, 0.29) is 12.2 Å². The van der Waals surface area contributed by atoms with Gasteiger partial charge >= 0.3 is 5.97 Å².